The molecule has 0 aromatic carbocycles. The van der Waals surface area contributed by atoms with Crippen LogP contribution in [0.25, 0.3) is 0 Å². The summed E-state index contributed by atoms with van der Waals surface area (Å²) in [6.45, 7) is 10.9. The molecule has 1 unspecified atom stereocenters. The summed E-state index contributed by atoms with van der Waals surface area (Å²) in [5.74, 6) is 0.732. The molecule has 4 heterocycles. The Balaban J connectivity index is 0.00000181. The fourth-order valence-corrected chi connectivity index (χ4v) is 4.39. The van der Waals surface area contributed by atoms with Crippen molar-refractivity contribution in [3.05, 3.63) is 53.0 Å². The van der Waals surface area contributed by atoms with Crippen LogP contribution < -0.4 is 10.2 Å². The molecule has 2 saturated heterocycles. The van der Waals surface area contributed by atoms with E-state index >= 15 is 0 Å². The number of hydrogen-bond acceptors (Lipinski definition) is 5. The molecule has 0 bridgehead atoms. The van der Waals surface area contributed by atoms with Crippen LogP contribution in [0.2, 0.25) is 0 Å². The van der Waals surface area contributed by atoms with E-state index < -0.39 is 0 Å². The maximum atomic E-state index is 12.9. The van der Waals surface area contributed by atoms with Gasteiger partial charge in [0.1, 0.15) is 5.82 Å². The number of nitrogens with one attached hydrogen (secondary N) is 1. The molecule has 174 valence electrons. The van der Waals surface area contributed by atoms with Gasteiger partial charge in [-0.25, -0.2) is 4.98 Å². The Morgan fingerprint density at radius 1 is 1.06 bits per heavy atom. The fourth-order valence-electron chi connectivity index (χ4n) is 4.39. The van der Waals surface area contributed by atoms with Gasteiger partial charge in [-0.2, -0.15) is 0 Å². The van der Waals surface area contributed by atoms with Gasteiger partial charge in [-0.05, 0) is 57.4 Å². The number of halogens is 2. The highest BCUT2D eigenvalue weighted by Gasteiger charge is 2.39. The number of nitrogens with zero attached hydrogens (tertiary/aromatic N) is 4. The third-order valence-corrected chi connectivity index (χ3v) is 5.94. The minimum atomic E-state index is -0.252. The van der Waals surface area contributed by atoms with E-state index in [2.05, 4.69) is 33.2 Å². The van der Waals surface area contributed by atoms with Crippen molar-refractivity contribution in [2.75, 3.05) is 31.1 Å². The first-order chi connectivity index (χ1) is 14.2. The van der Waals surface area contributed by atoms with E-state index in [0.29, 0.717) is 25.1 Å². The maximum Gasteiger partial charge on any atom is 0.255 e. The second-order valence-corrected chi connectivity index (χ2v) is 9.03. The third-order valence-electron chi connectivity index (χ3n) is 5.94. The molecule has 9 heteroatoms. The molecule has 2 amide bonds. The predicted octanol–water partition coefficient (Wildman–Crippen LogP) is 3.28. The zero-order valence-electron chi connectivity index (χ0n) is 18.9. The summed E-state index contributed by atoms with van der Waals surface area (Å²) in [5.41, 5.74) is 3.38. The monoisotopic (exact) mass is 479 g/mol. The van der Waals surface area contributed by atoms with Crippen LogP contribution in [0.4, 0.5) is 5.82 Å². The Morgan fingerprint density at radius 3 is 2.28 bits per heavy atom. The molecule has 2 fully saturated rings. The van der Waals surface area contributed by atoms with E-state index in [4.69, 9.17) is 0 Å². The van der Waals surface area contributed by atoms with E-state index in [0.717, 1.165) is 35.7 Å². The second-order valence-electron chi connectivity index (χ2n) is 9.03. The number of anilines is 1. The van der Waals surface area contributed by atoms with Gasteiger partial charge in [0.15, 0.2) is 0 Å². The molecule has 2 aromatic rings. The number of carbonyl (C=O) groups excluding carboxylic acids is 2. The number of carbonyl (C=O) groups is 2. The Labute approximate surface area is 201 Å². The molecule has 7 nitrogen and oxygen atoms in total. The second kappa shape index (κ2) is 10.0. The molecule has 4 rings (SSSR count). The summed E-state index contributed by atoms with van der Waals surface area (Å²) in [5, 5.41) is 2.99. The molecule has 0 saturated carbocycles. The number of aryl methyl sites for hydroxylation is 2. The van der Waals surface area contributed by atoms with Gasteiger partial charge >= 0.3 is 0 Å². The molecule has 0 radical (unpaired) electrons. The van der Waals surface area contributed by atoms with Crippen LogP contribution in [-0.4, -0.2) is 58.4 Å². The van der Waals surface area contributed by atoms with Crippen molar-refractivity contribution in [3.8, 4) is 0 Å². The maximum absolute atomic E-state index is 12.9. The highest BCUT2D eigenvalue weighted by Crippen LogP contribution is 2.31. The van der Waals surface area contributed by atoms with Crippen LogP contribution in [0.5, 0.6) is 0 Å². The molecule has 0 spiro atoms. The average molecular weight is 480 g/mol. The summed E-state index contributed by atoms with van der Waals surface area (Å²) in [4.78, 5) is 38.3. The summed E-state index contributed by atoms with van der Waals surface area (Å²) in [7, 11) is 0. The minimum Gasteiger partial charge on any atom is -0.353 e. The largest absolute Gasteiger partial charge is 0.353 e. The number of rotatable bonds is 3. The molecule has 2 aliphatic heterocycles. The first-order valence-corrected chi connectivity index (χ1v) is 10.5. The number of pyridine rings is 2. The number of hydrogen-bond donors (Lipinski definition) is 1. The summed E-state index contributed by atoms with van der Waals surface area (Å²) in [6, 6.07) is 5.74. The Hall–Kier alpha value is -2.38. The lowest BCUT2D eigenvalue weighted by atomic mass is 9.94. The first kappa shape index (κ1) is 25.9. The molecular weight excluding hydrogens is 449 g/mol. The topological polar surface area (TPSA) is 78.4 Å². The smallest absolute Gasteiger partial charge is 0.255 e. The molecular formula is C23H31Cl2N5O2. The number of amides is 2. The minimum absolute atomic E-state index is 0. The zero-order valence-corrected chi connectivity index (χ0v) is 20.6. The van der Waals surface area contributed by atoms with Crippen molar-refractivity contribution in [2.45, 2.75) is 45.6 Å². The van der Waals surface area contributed by atoms with Crippen LogP contribution >= 0.6 is 24.8 Å². The summed E-state index contributed by atoms with van der Waals surface area (Å²) in [6.07, 6.45) is 4.20. The van der Waals surface area contributed by atoms with Crippen LogP contribution in [0.3, 0.4) is 0 Å². The van der Waals surface area contributed by atoms with Gasteiger partial charge in [-0.3, -0.25) is 14.6 Å². The quantitative estimate of drug-likeness (QED) is 0.730. The molecule has 2 aromatic heterocycles. The average Bonchev–Trinajstić information content (AvgIpc) is 3.00. The van der Waals surface area contributed by atoms with Gasteiger partial charge in [0, 0.05) is 44.1 Å². The predicted molar refractivity (Wildman–Crippen MR) is 130 cm³/mol. The lowest BCUT2D eigenvalue weighted by Crippen LogP contribution is -2.49. The SMILES string of the molecule is Cc1cnc(N2CCN(C(=O)c3ccc(C4CC(C)(C)NC4=O)nc3)CC2)c(C)c1.Cl.Cl. The zero-order chi connectivity index (χ0) is 21.5. The molecule has 1 N–H and O–H groups in total. The normalized spacial score (nSPS) is 19.6. The molecule has 1 atom stereocenters. The van der Waals surface area contributed by atoms with Crippen LogP contribution in [0.1, 0.15) is 53.4 Å². The lowest BCUT2D eigenvalue weighted by Gasteiger charge is -2.36. The Kier molecular flexibility index (Phi) is 8.12. The van der Waals surface area contributed by atoms with Crippen molar-refractivity contribution < 1.29 is 9.59 Å². The third kappa shape index (κ3) is 5.33. The van der Waals surface area contributed by atoms with Gasteiger partial charge in [-0.15, -0.1) is 24.8 Å². The van der Waals surface area contributed by atoms with E-state index in [9.17, 15) is 9.59 Å². The number of piperazine rings is 1. The highest BCUT2D eigenvalue weighted by molar-refractivity contribution is 5.94. The van der Waals surface area contributed by atoms with Gasteiger partial charge in [0.2, 0.25) is 5.91 Å². The van der Waals surface area contributed by atoms with E-state index in [-0.39, 0.29) is 48.1 Å². The highest BCUT2D eigenvalue weighted by atomic mass is 35.5. The summed E-state index contributed by atoms with van der Waals surface area (Å²) < 4.78 is 0. The van der Waals surface area contributed by atoms with Crippen molar-refractivity contribution >= 4 is 42.4 Å². The van der Waals surface area contributed by atoms with E-state index in [1.165, 1.54) is 0 Å². The lowest BCUT2D eigenvalue weighted by molar-refractivity contribution is -0.120. The summed E-state index contributed by atoms with van der Waals surface area (Å²) >= 11 is 0. The van der Waals surface area contributed by atoms with Gasteiger partial charge in [0.05, 0.1) is 17.2 Å². The van der Waals surface area contributed by atoms with E-state index in [1.807, 2.05) is 37.9 Å². The first-order valence-electron chi connectivity index (χ1n) is 10.5. The standard InChI is InChI=1S/C23H29N5O2.2ClH/c1-15-11-16(2)20(25-13-15)27-7-9-28(10-8-27)22(30)17-5-6-19(24-14-17)18-12-23(3,4)26-21(18)29;;/h5-6,11,13-14,18H,7-10,12H2,1-4H3,(H,26,29);2*1H. The fraction of sp³-hybridized carbons (Fsp3) is 0.478. The van der Waals surface area contributed by atoms with Gasteiger partial charge < -0.3 is 15.1 Å². The number of aromatic nitrogens is 2. The van der Waals surface area contributed by atoms with Crippen molar-refractivity contribution in [1.29, 1.82) is 0 Å². The van der Waals surface area contributed by atoms with Gasteiger partial charge in [-0.1, -0.05) is 6.07 Å². The van der Waals surface area contributed by atoms with Crippen molar-refractivity contribution in [3.63, 3.8) is 0 Å². The van der Waals surface area contributed by atoms with Crippen LogP contribution in [-0.2, 0) is 4.79 Å². The van der Waals surface area contributed by atoms with Gasteiger partial charge in [0.25, 0.3) is 5.91 Å². The van der Waals surface area contributed by atoms with Crippen molar-refractivity contribution in [2.24, 2.45) is 0 Å². The molecule has 0 aliphatic carbocycles. The van der Waals surface area contributed by atoms with Crippen molar-refractivity contribution in [1.82, 2.24) is 20.2 Å². The molecule has 32 heavy (non-hydrogen) atoms. The van der Waals surface area contributed by atoms with Crippen LogP contribution in [0.15, 0.2) is 30.6 Å². The molecule has 2 aliphatic rings. The Bertz CT molecular complexity index is 973. The van der Waals surface area contributed by atoms with Crippen LogP contribution in [0, 0.1) is 13.8 Å². The Morgan fingerprint density at radius 2 is 1.75 bits per heavy atom. The van der Waals surface area contributed by atoms with E-state index in [1.54, 1.807) is 12.3 Å².